The van der Waals surface area contributed by atoms with Crippen LogP contribution in [0.5, 0.6) is 0 Å². The first kappa shape index (κ1) is 11.9. The van der Waals surface area contributed by atoms with E-state index in [4.69, 9.17) is 10.5 Å². The number of cyclic esters (lactones) is 1. The Hall–Kier alpha value is -1.55. The molecule has 1 saturated heterocycles. The van der Waals surface area contributed by atoms with Crippen molar-refractivity contribution in [3.05, 3.63) is 35.9 Å². The Balaban J connectivity index is 1.96. The molecule has 4 nitrogen and oxygen atoms in total. The number of rotatable bonds is 4. The topological polar surface area (TPSA) is 55.6 Å². The number of nitrogens with zero attached hydrogens (tertiary/aromatic N) is 1. The minimum atomic E-state index is -0.220. The number of carbonyl (C=O) groups excluding carboxylic acids is 1. The molecular weight excluding hydrogens is 216 g/mol. The normalized spacial score (nSPS) is 20.2. The number of ether oxygens (including phenoxy) is 1. The molecule has 1 amide bonds. The first-order valence-electron chi connectivity index (χ1n) is 5.95. The number of benzene rings is 1. The van der Waals surface area contributed by atoms with Crippen LogP contribution in [-0.4, -0.2) is 30.7 Å². The van der Waals surface area contributed by atoms with Crippen LogP contribution < -0.4 is 5.73 Å². The second-order valence-electron chi connectivity index (χ2n) is 4.39. The molecule has 1 aliphatic rings. The quantitative estimate of drug-likeness (QED) is 0.861. The van der Waals surface area contributed by atoms with Crippen molar-refractivity contribution >= 4 is 6.09 Å². The Kier molecular flexibility index (Phi) is 3.98. The van der Waals surface area contributed by atoms with Crippen molar-refractivity contribution in [1.82, 2.24) is 4.90 Å². The molecule has 0 aromatic heterocycles. The second kappa shape index (κ2) is 5.68. The van der Waals surface area contributed by atoms with Crippen molar-refractivity contribution < 1.29 is 9.53 Å². The summed E-state index contributed by atoms with van der Waals surface area (Å²) in [6, 6.07) is 9.94. The van der Waals surface area contributed by atoms with Gasteiger partial charge in [0.1, 0.15) is 0 Å². The standard InChI is InChI=1S/C13H18N2O2/c14-7-6-12-9-15(13(16)17-10-12)8-11-4-2-1-3-5-11/h1-5,12H,6-10,14H2. The molecule has 1 aromatic carbocycles. The summed E-state index contributed by atoms with van der Waals surface area (Å²) < 4.78 is 5.16. The van der Waals surface area contributed by atoms with Gasteiger partial charge in [-0.1, -0.05) is 30.3 Å². The van der Waals surface area contributed by atoms with Gasteiger partial charge in [-0.25, -0.2) is 4.79 Å². The molecule has 92 valence electrons. The third kappa shape index (κ3) is 3.20. The SMILES string of the molecule is NCCC1COC(=O)N(Cc2ccccc2)C1. The lowest BCUT2D eigenvalue weighted by atomic mass is 10.0. The highest BCUT2D eigenvalue weighted by Crippen LogP contribution is 2.16. The Bertz CT molecular complexity index is 367. The molecule has 2 N–H and O–H groups in total. The maximum Gasteiger partial charge on any atom is 0.410 e. The van der Waals surface area contributed by atoms with Crippen LogP contribution in [0.1, 0.15) is 12.0 Å². The third-order valence-corrected chi connectivity index (χ3v) is 2.97. The number of carbonyl (C=O) groups is 1. The Labute approximate surface area is 101 Å². The van der Waals surface area contributed by atoms with Crippen LogP contribution in [-0.2, 0) is 11.3 Å². The Morgan fingerprint density at radius 1 is 1.35 bits per heavy atom. The molecule has 0 aliphatic carbocycles. The van der Waals surface area contributed by atoms with Gasteiger partial charge >= 0.3 is 6.09 Å². The van der Waals surface area contributed by atoms with Gasteiger partial charge in [-0.15, -0.1) is 0 Å². The van der Waals surface area contributed by atoms with Gasteiger partial charge in [0, 0.05) is 19.0 Å². The van der Waals surface area contributed by atoms with E-state index in [0.717, 1.165) is 18.5 Å². The van der Waals surface area contributed by atoms with Gasteiger partial charge in [0.25, 0.3) is 0 Å². The van der Waals surface area contributed by atoms with E-state index in [9.17, 15) is 4.79 Å². The highest BCUT2D eigenvalue weighted by Gasteiger charge is 2.26. The van der Waals surface area contributed by atoms with Crippen molar-refractivity contribution in [2.45, 2.75) is 13.0 Å². The number of nitrogens with two attached hydrogens (primary N) is 1. The van der Waals surface area contributed by atoms with E-state index >= 15 is 0 Å². The average Bonchev–Trinajstić information content (AvgIpc) is 2.35. The maximum atomic E-state index is 11.6. The minimum Gasteiger partial charge on any atom is -0.449 e. The van der Waals surface area contributed by atoms with Crippen LogP contribution in [0.25, 0.3) is 0 Å². The lowest BCUT2D eigenvalue weighted by Crippen LogP contribution is -2.43. The van der Waals surface area contributed by atoms with Gasteiger partial charge < -0.3 is 15.4 Å². The summed E-state index contributed by atoms with van der Waals surface area (Å²) in [6.45, 7) is 2.49. The number of hydrogen-bond acceptors (Lipinski definition) is 3. The van der Waals surface area contributed by atoms with Crippen molar-refractivity contribution in [2.24, 2.45) is 11.7 Å². The van der Waals surface area contributed by atoms with Crippen molar-refractivity contribution in [3.63, 3.8) is 0 Å². The van der Waals surface area contributed by atoms with Crippen LogP contribution in [0.3, 0.4) is 0 Å². The largest absolute Gasteiger partial charge is 0.449 e. The van der Waals surface area contributed by atoms with E-state index in [1.807, 2.05) is 30.3 Å². The van der Waals surface area contributed by atoms with Gasteiger partial charge in [0.05, 0.1) is 6.61 Å². The van der Waals surface area contributed by atoms with Crippen molar-refractivity contribution in [1.29, 1.82) is 0 Å². The lowest BCUT2D eigenvalue weighted by molar-refractivity contribution is 0.0385. The molecule has 2 rings (SSSR count). The van der Waals surface area contributed by atoms with Crippen LogP contribution in [0.15, 0.2) is 30.3 Å². The molecule has 1 aliphatic heterocycles. The van der Waals surface area contributed by atoms with E-state index in [0.29, 0.717) is 25.6 Å². The molecule has 17 heavy (non-hydrogen) atoms. The fourth-order valence-corrected chi connectivity index (χ4v) is 2.06. The van der Waals surface area contributed by atoms with E-state index in [1.54, 1.807) is 4.90 Å². The highest BCUT2D eigenvalue weighted by atomic mass is 16.6. The molecule has 0 radical (unpaired) electrons. The first-order chi connectivity index (χ1) is 8.29. The second-order valence-corrected chi connectivity index (χ2v) is 4.39. The van der Waals surface area contributed by atoms with Gasteiger partial charge in [-0.3, -0.25) is 0 Å². The Morgan fingerprint density at radius 2 is 2.12 bits per heavy atom. The molecule has 0 spiro atoms. The summed E-state index contributed by atoms with van der Waals surface area (Å²) >= 11 is 0. The third-order valence-electron chi connectivity index (χ3n) is 2.97. The highest BCUT2D eigenvalue weighted by molar-refractivity contribution is 5.68. The molecule has 0 bridgehead atoms. The summed E-state index contributed by atoms with van der Waals surface area (Å²) in [6.07, 6.45) is 0.681. The molecule has 1 unspecified atom stereocenters. The minimum absolute atomic E-state index is 0.220. The maximum absolute atomic E-state index is 11.6. The lowest BCUT2D eigenvalue weighted by Gasteiger charge is -2.32. The van der Waals surface area contributed by atoms with E-state index in [-0.39, 0.29) is 6.09 Å². The van der Waals surface area contributed by atoms with E-state index < -0.39 is 0 Å². The molecular formula is C13H18N2O2. The number of hydrogen-bond donors (Lipinski definition) is 1. The van der Waals surface area contributed by atoms with Crippen LogP contribution in [0.2, 0.25) is 0 Å². The van der Waals surface area contributed by atoms with Gasteiger partial charge in [-0.05, 0) is 18.5 Å². The fourth-order valence-electron chi connectivity index (χ4n) is 2.06. The van der Waals surface area contributed by atoms with Crippen LogP contribution in [0, 0.1) is 5.92 Å². The average molecular weight is 234 g/mol. The zero-order valence-corrected chi connectivity index (χ0v) is 9.84. The predicted molar refractivity (Wildman–Crippen MR) is 65.4 cm³/mol. The molecule has 1 aromatic rings. The molecule has 4 heteroatoms. The molecule has 0 saturated carbocycles. The van der Waals surface area contributed by atoms with Gasteiger partial charge in [0.2, 0.25) is 0 Å². The van der Waals surface area contributed by atoms with Gasteiger partial charge in [-0.2, -0.15) is 0 Å². The first-order valence-corrected chi connectivity index (χ1v) is 5.95. The summed E-state index contributed by atoms with van der Waals surface area (Å²) in [5.41, 5.74) is 6.66. The molecule has 1 fully saturated rings. The van der Waals surface area contributed by atoms with Crippen LogP contribution >= 0.6 is 0 Å². The molecule has 1 atom stereocenters. The van der Waals surface area contributed by atoms with Crippen LogP contribution in [0.4, 0.5) is 4.79 Å². The van der Waals surface area contributed by atoms with Crippen molar-refractivity contribution in [3.8, 4) is 0 Å². The summed E-state index contributed by atoms with van der Waals surface area (Å²) in [5, 5.41) is 0. The molecule has 1 heterocycles. The van der Waals surface area contributed by atoms with E-state index in [2.05, 4.69) is 0 Å². The summed E-state index contributed by atoms with van der Waals surface area (Å²) in [4.78, 5) is 13.4. The predicted octanol–water partition coefficient (Wildman–Crippen LogP) is 1.60. The van der Waals surface area contributed by atoms with Crippen molar-refractivity contribution in [2.75, 3.05) is 19.7 Å². The van der Waals surface area contributed by atoms with E-state index in [1.165, 1.54) is 0 Å². The Morgan fingerprint density at radius 3 is 2.82 bits per heavy atom. The number of amides is 1. The van der Waals surface area contributed by atoms with Gasteiger partial charge in [0.15, 0.2) is 0 Å². The summed E-state index contributed by atoms with van der Waals surface area (Å²) in [7, 11) is 0. The summed E-state index contributed by atoms with van der Waals surface area (Å²) in [5.74, 6) is 0.362. The monoisotopic (exact) mass is 234 g/mol. The smallest absolute Gasteiger partial charge is 0.410 e. The zero-order valence-electron chi connectivity index (χ0n) is 9.84. The fraction of sp³-hybridized carbons (Fsp3) is 0.462. The zero-order chi connectivity index (χ0) is 12.1.